The molecule has 2 atom stereocenters. The first-order valence-electron chi connectivity index (χ1n) is 10.4. The fourth-order valence-electron chi connectivity index (χ4n) is 4.40. The van der Waals surface area contributed by atoms with Crippen molar-refractivity contribution >= 4 is 16.8 Å². The highest BCUT2D eigenvalue weighted by atomic mass is 16.2. The molecular weight excluding hydrogens is 346 g/mol. The van der Waals surface area contributed by atoms with Gasteiger partial charge in [-0.1, -0.05) is 48.5 Å². The average Bonchev–Trinajstić information content (AvgIpc) is 3.18. The summed E-state index contributed by atoms with van der Waals surface area (Å²) >= 11 is 0. The predicted molar refractivity (Wildman–Crippen MR) is 114 cm³/mol. The molecule has 4 nitrogen and oxygen atoms in total. The highest BCUT2D eigenvalue weighted by Crippen LogP contribution is 2.25. The fraction of sp³-hybridized carbons (Fsp3) is 0.375. The van der Waals surface area contributed by atoms with Crippen molar-refractivity contribution < 1.29 is 4.79 Å². The minimum absolute atomic E-state index is 0.118. The van der Waals surface area contributed by atoms with E-state index in [0.29, 0.717) is 17.8 Å². The lowest BCUT2D eigenvalue weighted by Gasteiger charge is -2.37. The van der Waals surface area contributed by atoms with Gasteiger partial charge in [-0.25, -0.2) is 0 Å². The molecule has 4 rings (SSSR count). The summed E-state index contributed by atoms with van der Waals surface area (Å²) in [6.07, 6.45) is 4.45. The van der Waals surface area contributed by atoms with Crippen LogP contribution in [-0.4, -0.2) is 34.4 Å². The Hall–Kier alpha value is -2.59. The summed E-state index contributed by atoms with van der Waals surface area (Å²) in [5.74, 6) is 0.118. The monoisotopic (exact) mass is 375 g/mol. The number of amides is 1. The predicted octanol–water partition coefficient (Wildman–Crippen LogP) is 4.73. The van der Waals surface area contributed by atoms with Crippen LogP contribution >= 0.6 is 0 Å². The number of carbonyl (C=O) groups excluding carboxylic acids is 1. The number of hydrogen-bond donors (Lipinski definition) is 2. The second-order valence-corrected chi connectivity index (χ2v) is 7.75. The number of fused-ring (bicyclic) bond motifs is 1. The number of nitrogens with zero attached hydrogens (tertiary/aromatic N) is 1. The van der Waals surface area contributed by atoms with Crippen LogP contribution in [0.15, 0.2) is 60.7 Å². The largest absolute Gasteiger partial charge is 0.351 e. The highest BCUT2D eigenvalue weighted by molar-refractivity contribution is 5.98. The Morgan fingerprint density at radius 1 is 1.11 bits per heavy atom. The third-order valence-electron chi connectivity index (χ3n) is 5.89. The molecule has 1 aliphatic carbocycles. The van der Waals surface area contributed by atoms with E-state index < -0.39 is 0 Å². The molecule has 3 aromatic rings. The smallest absolute Gasteiger partial charge is 0.270 e. The number of carbonyl (C=O) groups is 1. The zero-order valence-electron chi connectivity index (χ0n) is 16.5. The minimum atomic E-state index is 0.118. The number of benzene rings is 2. The van der Waals surface area contributed by atoms with E-state index in [-0.39, 0.29) is 5.91 Å². The van der Waals surface area contributed by atoms with Gasteiger partial charge >= 0.3 is 0 Å². The first-order chi connectivity index (χ1) is 13.7. The van der Waals surface area contributed by atoms with Gasteiger partial charge in [-0.3, -0.25) is 4.79 Å². The van der Waals surface area contributed by atoms with Crippen LogP contribution < -0.4 is 5.32 Å². The number of H-pyrrole nitrogens is 1. The minimum Gasteiger partial charge on any atom is -0.351 e. The third kappa shape index (κ3) is 4.12. The Morgan fingerprint density at radius 2 is 1.89 bits per heavy atom. The molecule has 1 heterocycles. The first-order valence-corrected chi connectivity index (χ1v) is 10.4. The fourth-order valence-corrected chi connectivity index (χ4v) is 4.40. The summed E-state index contributed by atoms with van der Waals surface area (Å²) in [5, 5.41) is 4.79. The summed E-state index contributed by atoms with van der Waals surface area (Å²) in [6, 6.07) is 21.3. The van der Waals surface area contributed by atoms with Crippen molar-refractivity contribution in [2.24, 2.45) is 0 Å². The van der Waals surface area contributed by atoms with Crippen LogP contribution in [0.5, 0.6) is 0 Å². The molecule has 1 aromatic heterocycles. The molecule has 0 radical (unpaired) electrons. The van der Waals surface area contributed by atoms with Crippen molar-refractivity contribution in [2.45, 2.75) is 51.2 Å². The molecule has 0 spiro atoms. The van der Waals surface area contributed by atoms with Crippen molar-refractivity contribution in [1.82, 2.24) is 15.2 Å². The van der Waals surface area contributed by atoms with Crippen LogP contribution in [-0.2, 0) is 6.54 Å². The average molecular weight is 376 g/mol. The van der Waals surface area contributed by atoms with Gasteiger partial charge in [0.25, 0.3) is 5.91 Å². The van der Waals surface area contributed by atoms with Crippen LogP contribution in [0.2, 0.25) is 0 Å². The van der Waals surface area contributed by atoms with E-state index >= 15 is 0 Å². The lowest BCUT2D eigenvalue weighted by molar-refractivity contribution is 0.0623. The molecule has 0 saturated heterocycles. The molecule has 1 saturated carbocycles. The lowest BCUT2D eigenvalue weighted by Crippen LogP contribution is -2.46. The van der Waals surface area contributed by atoms with Gasteiger partial charge in [0.15, 0.2) is 0 Å². The maximum atomic E-state index is 13.2. The van der Waals surface area contributed by atoms with Gasteiger partial charge < -0.3 is 15.2 Å². The number of para-hydroxylation sites is 1. The topological polar surface area (TPSA) is 48.1 Å². The van der Waals surface area contributed by atoms with Gasteiger partial charge in [0.2, 0.25) is 0 Å². The van der Waals surface area contributed by atoms with Crippen LogP contribution in [0.3, 0.4) is 0 Å². The van der Waals surface area contributed by atoms with Crippen LogP contribution in [0.4, 0.5) is 0 Å². The number of nitrogens with one attached hydrogen (secondary N) is 2. The van der Waals surface area contributed by atoms with Crippen LogP contribution in [0.1, 0.15) is 48.7 Å². The molecule has 2 aromatic carbocycles. The Balaban J connectivity index is 1.42. The summed E-state index contributed by atoms with van der Waals surface area (Å²) < 4.78 is 0. The van der Waals surface area contributed by atoms with Gasteiger partial charge in [-0.2, -0.15) is 0 Å². The van der Waals surface area contributed by atoms with Crippen molar-refractivity contribution in [2.75, 3.05) is 6.54 Å². The van der Waals surface area contributed by atoms with E-state index in [2.05, 4.69) is 52.5 Å². The molecule has 0 aliphatic heterocycles. The van der Waals surface area contributed by atoms with Crippen LogP contribution in [0, 0.1) is 0 Å². The molecule has 1 amide bonds. The Labute approximate surface area is 166 Å². The number of aromatic amines is 1. The molecular formula is C24H29N3O. The molecule has 1 aliphatic rings. The summed E-state index contributed by atoms with van der Waals surface area (Å²) in [4.78, 5) is 18.6. The zero-order valence-corrected chi connectivity index (χ0v) is 16.5. The SMILES string of the molecule is CCN(C(=O)c1cc2ccccc2[nH]1)[C@H]1CCC[C@@H](NCc2ccccc2)C1. The van der Waals surface area contributed by atoms with E-state index in [4.69, 9.17) is 0 Å². The maximum absolute atomic E-state index is 13.2. The van der Waals surface area contributed by atoms with Gasteiger partial charge in [-0.05, 0) is 50.3 Å². The maximum Gasteiger partial charge on any atom is 0.270 e. The molecule has 1 fully saturated rings. The summed E-state index contributed by atoms with van der Waals surface area (Å²) in [5.41, 5.74) is 3.03. The van der Waals surface area contributed by atoms with E-state index in [0.717, 1.165) is 43.3 Å². The van der Waals surface area contributed by atoms with E-state index in [1.807, 2.05) is 30.3 Å². The van der Waals surface area contributed by atoms with Gasteiger partial charge in [0, 0.05) is 36.1 Å². The van der Waals surface area contributed by atoms with E-state index in [1.165, 1.54) is 12.0 Å². The molecule has 4 heteroatoms. The second-order valence-electron chi connectivity index (χ2n) is 7.75. The van der Waals surface area contributed by atoms with Crippen molar-refractivity contribution in [3.63, 3.8) is 0 Å². The quantitative estimate of drug-likeness (QED) is 0.654. The Bertz CT molecular complexity index is 885. The van der Waals surface area contributed by atoms with Gasteiger partial charge in [0.05, 0.1) is 0 Å². The first kappa shape index (κ1) is 18.8. The molecule has 2 N–H and O–H groups in total. The molecule has 0 unspecified atom stereocenters. The number of hydrogen-bond acceptors (Lipinski definition) is 2. The van der Waals surface area contributed by atoms with Gasteiger partial charge in [-0.15, -0.1) is 0 Å². The lowest BCUT2D eigenvalue weighted by atomic mass is 9.89. The Morgan fingerprint density at radius 3 is 2.68 bits per heavy atom. The van der Waals surface area contributed by atoms with Crippen molar-refractivity contribution in [3.8, 4) is 0 Å². The van der Waals surface area contributed by atoms with Crippen molar-refractivity contribution in [1.29, 1.82) is 0 Å². The van der Waals surface area contributed by atoms with Crippen LogP contribution in [0.25, 0.3) is 10.9 Å². The van der Waals surface area contributed by atoms with Gasteiger partial charge in [0.1, 0.15) is 5.69 Å². The van der Waals surface area contributed by atoms with E-state index in [9.17, 15) is 4.79 Å². The Kier molecular flexibility index (Phi) is 5.77. The molecule has 28 heavy (non-hydrogen) atoms. The zero-order chi connectivity index (χ0) is 19.3. The number of rotatable bonds is 6. The summed E-state index contributed by atoms with van der Waals surface area (Å²) in [7, 11) is 0. The molecule has 0 bridgehead atoms. The standard InChI is InChI=1S/C24H29N3O/c1-2-27(24(28)23-15-19-11-6-7-14-22(19)26-23)21-13-8-12-20(16-21)25-17-18-9-4-3-5-10-18/h3-7,9-11,14-15,20-21,25-26H,2,8,12-13,16-17H2,1H3/t20-,21+/m1/s1. The second kappa shape index (κ2) is 8.61. The summed E-state index contributed by atoms with van der Waals surface area (Å²) in [6.45, 7) is 3.71. The van der Waals surface area contributed by atoms with Crippen molar-refractivity contribution in [3.05, 3.63) is 71.9 Å². The third-order valence-corrected chi connectivity index (χ3v) is 5.89. The number of aromatic nitrogens is 1. The van der Waals surface area contributed by atoms with E-state index in [1.54, 1.807) is 0 Å². The normalized spacial score (nSPS) is 19.6. The highest BCUT2D eigenvalue weighted by Gasteiger charge is 2.29. The molecule has 146 valence electrons.